The van der Waals surface area contributed by atoms with E-state index in [4.69, 9.17) is 19.7 Å². The topological polar surface area (TPSA) is 113 Å². The Morgan fingerprint density at radius 1 is 1.11 bits per heavy atom. The van der Waals surface area contributed by atoms with Gasteiger partial charge >= 0.3 is 18.0 Å². The summed E-state index contributed by atoms with van der Waals surface area (Å²) >= 11 is 0. The highest BCUT2D eigenvalue weighted by Crippen LogP contribution is 2.16. The summed E-state index contributed by atoms with van der Waals surface area (Å²) in [5.41, 5.74) is -0.743. The number of ether oxygens (including phenoxy) is 2. The first-order chi connectivity index (χ1) is 8.60. The lowest BCUT2D eigenvalue weighted by atomic mass is 10.2. The van der Waals surface area contributed by atoms with E-state index in [2.05, 4.69) is 0 Å². The molecule has 2 atom stereocenters. The summed E-state index contributed by atoms with van der Waals surface area (Å²) in [5, 5.41) is 17.7. The molecule has 8 heteroatoms. The van der Waals surface area contributed by atoms with Gasteiger partial charge in [-0.25, -0.2) is 14.4 Å². The average Bonchev–Trinajstić information content (AvgIpc) is 2.25. The third kappa shape index (κ3) is 4.40. The van der Waals surface area contributed by atoms with Gasteiger partial charge in [0.2, 0.25) is 0 Å². The van der Waals surface area contributed by atoms with E-state index in [-0.39, 0.29) is 13.1 Å². The van der Waals surface area contributed by atoms with Gasteiger partial charge in [-0.3, -0.25) is 0 Å². The number of carbonyl (C=O) groups excluding carboxylic acids is 1. The van der Waals surface area contributed by atoms with Crippen molar-refractivity contribution in [2.45, 2.75) is 38.6 Å². The first-order valence-electron chi connectivity index (χ1n) is 5.69. The molecule has 108 valence electrons. The lowest BCUT2D eigenvalue weighted by Gasteiger charge is -2.35. The molecule has 0 radical (unpaired) electrons. The Balaban J connectivity index is 2.79. The van der Waals surface area contributed by atoms with Crippen molar-refractivity contribution >= 4 is 18.0 Å². The predicted octanol–water partition coefficient (Wildman–Crippen LogP) is 0.160. The number of morpholine rings is 1. The maximum atomic E-state index is 11.8. The molecule has 1 fully saturated rings. The van der Waals surface area contributed by atoms with Gasteiger partial charge in [0, 0.05) is 0 Å². The van der Waals surface area contributed by atoms with Crippen LogP contribution in [0, 0.1) is 0 Å². The van der Waals surface area contributed by atoms with E-state index in [1.807, 2.05) is 0 Å². The predicted molar refractivity (Wildman–Crippen MR) is 61.7 cm³/mol. The van der Waals surface area contributed by atoms with E-state index < -0.39 is 35.8 Å². The van der Waals surface area contributed by atoms with Crippen LogP contribution in [0.15, 0.2) is 0 Å². The minimum Gasteiger partial charge on any atom is -0.479 e. The van der Waals surface area contributed by atoms with E-state index >= 15 is 0 Å². The fourth-order valence-electron chi connectivity index (χ4n) is 1.51. The SMILES string of the molecule is CC(C)(C)OC(=O)N1C[C@@H](C(=O)O)O[C@@H](C(=O)O)C1. The maximum absolute atomic E-state index is 11.8. The Morgan fingerprint density at radius 2 is 1.53 bits per heavy atom. The lowest BCUT2D eigenvalue weighted by Crippen LogP contribution is -2.55. The van der Waals surface area contributed by atoms with E-state index in [0.717, 1.165) is 4.90 Å². The molecular weight excluding hydrogens is 258 g/mol. The second-order valence-corrected chi connectivity index (χ2v) is 5.18. The van der Waals surface area contributed by atoms with E-state index in [0.29, 0.717) is 0 Å². The fraction of sp³-hybridized carbons (Fsp3) is 0.727. The van der Waals surface area contributed by atoms with Crippen molar-refractivity contribution in [2.24, 2.45) is 0 Å². The number of carbonyl (C=O) groups is 3. The van der Waals surface area contributed by atoms with Gasteiger partial charge < -0.3 is 24.6 Å². The summed E-state index contributed by atoms with van der Waals surface area (Å²) in [7, 11) is 0. The number of hydrogen-bond donors (Lipinski definition) is 2. The van der Waals surface area contributed by atoms with E-state index in [1.165, 1.54) is 0 Å². The molecule has 0 aliphatic carbocycles. The second-order valence-electron chi connectivity index (χ2n) is 5.18. The van der Waals surface area contributed by atoms with Crippen molar-refractivity contribution in [1.82, 2.24) is 4.90 Å². The summed E-state index contributed by atoms with van der Waals surface area (Å²) in [6.45, 7) is 4.50. The van der Waals surface area contributed by atoms with Crippen molar-refractivity contribution in [2.75, 3.05) is 13.1 Å². The van der Waals surface area contributed by atoms with E-state index in [9.17, 15) is 14.4 Å². The molecule has 1 saturated heterocycles. The quantitative estimate of drug-likeness (QED) is 0.737. The largest absolute Gasteiger partial charge is 0.479 e. The zero-order chi connectivity index (χ0) is 14.8. The molecular formula is C11H17NO7. The zero-order valence-corrected chi connectivity index (χ0v) is 11.0. The summed E-state index contributed by atoms with van der Waals surface area (Å²) in [6, 6.07) is 0. The zero-order valence-electron chi connectivity index (χ0n) is 11.0. The van der Waals surface area contributed by atoms with Crippen LogP contribution in [0.2, 0.25) is 0 Å². The summed E-state index contributed by atoms with van der Waals surface area (Å²) in [5.74, 6) is -2.64. The van der Waals surface area contributed by atoms with Gasteiger partial charge in [0.1, 0.15) is 5.60 Å². The van der Waals surface area contributed by atoms with Gasteiger partial charge in [-0.15, -0.1) is 0 Å². The monoisotopic (exact) mass is 275 g/mol. The smallest absolute Gasteiger partial charge is 0.410 e. The van der Waals surface area contributed by atoms with Gasteiger partial charge in [0.05, 0.1) is 13.1 Å². The van der Waals surface area contributed by atoms with Gasteiger partial charge in [0.15, 0.2) is 12.2 Å². The van der Waals surface area contributed by atoms with Crippen molar-refractivity contribution in [1.29, 1.82) is 0 Å². The van der Waals surface area contributed by atoms with E-state index in [1.54, 1.807) is 20.8 Å². The summed E-state index contributed by atoms with van der Waals surface area (Å²) < 4.78 is 9.95. The molecule has 8 nitrogen and oxygen atoms in total. The maximum Gasteiger partial charge on any atom is 0.410 e. The average molecular weight is 275 g/mol. The van der Waals surface area contributed by atoms with Crippen molar-refractivity contribution < 1.29 is 34.1 Å². The molecule has 19 heavy (non-hydrogen) atoms. The van der Waals surface area contributed by atoms with Crippen LogP contribution >= 0.6 is 0 Å². The Hall–Kier alpha value is -1.83. The van der Waals surface area contributed by atoms with Gasteiger partial charge in [0.25, 0.3) is 0 Å². The molecule has 1 heterocycles. The van der Waals surface area contributed by atoms with Crippen LogP contribution in [0.5, 0.6) is 0 Å². The van der Waals surface area contributed by atoms with Crippen LogP contribution in [0.25, 0.3) is 0 Å². The highest BCUT2D eigenvalue weighted by molar-refractivity contribution is 5.78. The molecule has 1 rings (SSSR count). The minimum atomic E-state index is -1.37. The molecule has 1 aliphatic rings. The molecule has 0 bridgehead atoms. The first kappa shape index (κ1) is 15.2. The number of hydrogen-bond acceptors (Lipinski definition) is 5. The van der Waals surface area contributed by atoms with Gasteiger partial charge in [-0.05, 0) is 20.8 Å². The third-order valence-corrected chi connectivity index (χ3v) is 2.30. The number of rotatable bonds is 2. The number of amides is 1. The number of aliphatic carboxylic acids is 2. The van der Waals surface area contributed by atoms with Crippen LogP contribution in [0.3, 0.4) is 0 Å². The Kier molecular flexibility index (Phi) is 4.35. The Labute approximate surface area is 109 Å². The highest BCUT2D eigenvalue weighted by atomic mass is 16.6. The molecule has 0 aromatic heterocycles. The standard InChI is InChI=1S/C11H17NO7/c1-11(2,3)19-10(17)12-4-6(8(13)14)18-7(5-12)9(15)16/h6-7H,4-5H2,1-3H3,(H,13,14)(H,15,16)/t6-,7+. The second kappa shape index (κ2) is 5.43. The number of carboxylic acid groups (broad SMARTS) is 2. The first-order valence-corrected chi connectivity index (χ1v) is 5.69. The molecule has 0 spiro atoms. The van der Waals surface area contributed by atoms with Crippen LogP contribution in [-0.4, -0.2) is 64.0 Å². The van der Waals surface area contributed by atoms with Crippen molar-refractivity contribution in [3.8, 4) is 0 Å². The van der Waals surface area contributed by atoms with Crippen molar-refractivity contribution in [3.63, 3.8) is 0 Å². The van der Waals surface area contributed by atoms with Crippen LogP contribution in [-0.2, 0) is 19.1 Å². The Morgan fingerprint density at radius 3 is 1.84 bits per heavy atom. The van der Waals surface area contributed by atoms with Crippen molar-refractivity contribution in [3.05, 3.63) is 0 Å². The molecule has 2 N–H and O–H groups in total. The molecule has 0 unspecified atom stereocenters. The number of nitrogens with zero attached hydrogens (tertiary/aromatic N) is 1. The summed E-state index contributed by atoms with van der Waals surface area (Å²) in [4.78, 5) is 34.6. The van der Waals surface area contributed by atoms with Gasteiger partial charge in [-0.2, -0.15) is 0 Å². The van der Waals surface area contributed by atoms with Crippen LogP contribution < -0.4 is 0 Å². The molecule has 0 aromatic rings. The third-order valence-electron chi connectivity index (χ3n) is 2.30. The molecule has 1 aliphatic heterocycles. The summed E-state index contributed by atoms with van der Waals surface area (Å²) in [6.07, 6.45) is -3.50. The van der Waals surface area contributed by atoms with Crippen LogP contribution in [0.1, 0.15) is 20.8 Å². The van der Waals surface area contributed by atoms with Crippen LogP contribution in [0.4, 0.5) is 4.79 Å². The molecule has 0 saturated carbocycles. The Bertz CT molecular complexity index is 365. The fourth-order valence-corrected chi connectivity index (χ4v) is 1.51. The molecule has 1 amide bonds. The lowest BCUT2D eigenvalue weighted by molar-refractivity contribution is -0.175. The minimum absolute atomic E-state index is 0.242. The highest BCUT2D eigenvalue weighted by Gasteiger charge is 2.39. The normalized spacial score (nSPS) is 23.8. The van der Waals surface area contributed by atoms with Gasteiger partial charge in [-0.1, -0.05) is 0 Å². The number of carboxylic acids is 2. The molecule has 0 aromatic carbocycles.